The van der Waals surface area contributed by atoms with Crippen LogP contribution in [-0.4, -0.2) is 60.9 Å². The predicted octanol–water partition coefficient (Wildman–Crippen LogP) is 1.59. The normalized spacial score (nSPS) is 17.5. The summed E-state index contributed by atoms with van der Waals surface area (Å²) in [6, 6.07) is 5.38. The molecule has 0 aliphatic carbocycles. The topological polar surface area (TPSA) is 98.0 Å². The van der Waals surface area contributed by atoms with Gasteiger partial charge in [-0.1, -0.05) is 17.3 Å². The van der Waals surface area contributed by atoms with E-state index in [1.807, 2.05) is 6.92 Å². The van der Waals surface area contributed by atoms with Gasteiger partial charge in [0.1, 0.15) is 17.3 Å². The van der Waals surface area contributed by atoms with Gasteiger partial charge in [-0.3, -0.25) is 9.59 Å². The molecule has 10 heteroatoms. The number of thiazole rings is 1. The average Bonchev–Trinajstić information content (AvgIpc) is 3.03. The lowest BCUT2D eigenvalue weighted by molar-refractivity contribution is -0.131. The molecule has 166 valence electrons. The molecule has 0 saturated carbocycles. The molecule has 2 heterocycles. The third-order valence-electron chi connectivity index (χ3n) is 5.17. The molecule has 1 saturated heterocycles. The highest BCUT2D eigenvalue weighted by Gasteiger charge is 2.28. The lowest BCUT2D eigenvalue weighted by Gasteiger charge is -2.33. The van der Waals surface area contributed by atoms with E-state index in [4.69, 9.17) is 11.2 Å². The van der Waals surface area contributed by atoms with Gasteiger partial charge in [0.2, 0.25) is 5.91 Å². The second-order valence-corrected chi connectivity index (χ2v) is 10.6. The van der Waals surface area contributed by atoms with Crippen LogP contribution in [0, 0.1) is 12.3 Å². The molecule has 1 unspecified atom stereocenters. The first kappa shape index (κ1) is 23.0. The predicted molar refractivity (Wildman–Crippen MR) is 119 cm³/mol. The molecule has 31 heavy (non-hydrogen) atoms. The van der Waals surface area contributed by atoms with Gasteiger partial charge < -0.3 is 14.2 Å². The highest BCUT2D eigenvalue weighted by molar-refractivity contribution is 7.92. The first-order chi connectivity index (χ1) is 14.7. The number of likely N-dealkylation sites (tertiary alicyclic amines) is 1. The van der Waals surface area contributed by atoms with Crippen molar-refractivity contribution >= 4 is 43.2 Å². The summed E-state index contributed by atoms with van der Waals surface area (Å²) in [5.74, 6) is 0.360. The summed E-state index contributed by atoms with van der Waals surface area (Å²) in [6.07, 6.45) is 8.18. The number of ether oxygens (including phenoxy) is 1. The summed E-state index contributed by atoms with van der Waals surface area (Å²) in [5, 5.41) is 0. The van der Waals surface area contributed by atoms with Crippen LogP contribution in [0.25, 0.3) is 10.2 Å². The number of carbonyl (C=O) groups excluding carboxylic acids is 2. The zero-order valence-corrected chi connectivity index (χ0v) is 19.2. The molecule has 0 bridgehead atoms. The number of aromatic nitrogens is 1. The summed E-state index contributed by atoms with van der Waals surface area (Å²) < 4.78 is 32.6. The number of rotatable bonds is 6. The van der Waals surface area contributed by atoms with Crippen molar-refractivity contribution in [3.63, 3.8) is 0 Å². The van der Waals surface area contributed by atoms with Crippen LogP contribution in [0.15, 0.2) is 23.2 Å². The lowest BCUT2D eigenvalue weighted by atomic mass is 10.0. The van der Waals surface area contributed by atoms with Crippen molar-refractivity contribution in [3.05, 3.63) is 23.0 Å². The first-order valence-corrected chi connectivity index (χ1v) is 12.6. The minimum absolute atomic E-state index is 0.00935. The highest BCUT2D eigenvalue weighted by atomic mass is 32.2. The summed E-state index contributed by atoms with van der Waals surface area (Å²) >= 11 is 1.21. The molecule has 1 atom stereocenters. The minimum atomic E-state index is -3.94. The molecule has 2 amide bonds. The van der Waals surface area contributed by atoms with Crippen molar-refractivity contribution in [1.29, 1.82) is 0 Å². The molecular formula is C21H25N3O5S2. The van der Waals surface area contributed by atoms with Crippen LogP contribution in [0.3, 0.4) is 0 Å². The fourth-order valence-electron chi connectivity index (χ4n) is 3.63. The van der Waals surface area contributed by atoms with Gasteiger partial charge in [0.25, 0.3) is 5.91 Å². The molecule has 0 radical (unpaired) electrons. The first-order valence-electron chi connectivity index (χ1n) is 9.92. The molecule has 1 aliphatic rings. The third kappa shape index (κ3) is 5.54. The van der Waals surface area contributed by atoms with E-state index in [0.29, 0.717) is 17.1 Å². The number of amides is 2. The Balaban J connectivity index is 1.81. The Labute approximate surface area is 185 Å². The van der Waals surface area contributed by atoms with Gasteiger partial charge in [0.05, 0.1) is 23.9 Å². The van der Waals surface area contributed by atoms with Crippen molar-refractivity contribution in [2.75, 3.05) is 25.2 Å². The number of piperidine rings is 1. The molecule has 8 nitrogen and oxygen atoms in total. The standard InChI is InChI=1S/C21H25N3O5S2/c1-4-10-24-17-9-8-16(29-3)12-18(17)30-21(24)22-19(25)13-31(27,28)14-20(26)23-11-6-5-7-15(23)2/h1,8-9,12,15H,5-7,10-11,13-14H2,2-3H3. The molecule has 1 fully saturated rings. The summed E-state index contributed by atoms with van der Waals surface area (Å²) in [7, 11) is -2.39. The average molecular weight is 464 g/mol. The zero-order valence-electron chi connectivity index (χ0n) is 17.5. The van der Waals surface area contributed by atoms with E-state index in [1.165, 1.54) is 11.3 Å². The van der Waals surface area contributed by atoms with E-state index in [-0.39, 0.29) is 12.6 Å². The summed E-state index contributed by atoms with van der Waals surface area (Å²) in [4.78, 5) is 30.8. The van der Waals surface area contributed by atoms with Gasteiger partial charge in [-0.2, -0.15) is 4.99 Å². The second-order valence-electron chi connectivity index (χ2n) is 7.48. The van der Waals surface area contributed by atoms with Crippen LogP contribution < -0.4 is 9.54 Å². The molecule has 1 aromatic heterocycles. The van der Waals surface area contributed by atoms with E-state index >= 15 is 0 Å². The number of hydrogen-bond acceptors (Lipinski definition) is 6. The maximum atomic E-state index is 12.5. The molecule has 0 N–H and O–H groups in total. The van der Waals surface area contributed by atoms with Crippen LogP contribution in [0.5, 0.6) is 5.75 Å². The molecule has 1 aromatic carbocycles. The van der Waals surface area contributed by atoms with Crippen LogP contribution in [0.2, 0.25) is 0 Å². The number of hydrogen-bond donors (Lipinski definition) is 0. The van der Waals surface area contributed by atoms with Gasteiger partial charge in [0, 0.05) is 12.6 Å². The van der Waals surface area contributed by atoms with Gasteiger partial charge in [0.15, 0.2) is 14.6 Å². The quantitative estimate of drug-likeness (QED) is 0.606. The molecule has 1 aliphatic heterocycles. The Morgan fingerprint density at radius 2 is 2.10 bits per heavy atom. The number of sulfone groups is 1. The van der Waals surface area contributed by atoms with E-state index in [0.717, 1.165) is 29.5 Å². The van der Waals surface area contributed by atoms with E-state index in [2.05, 4.69) is 10.9 Å². The lowest BCUT2D eigenvalue weighted by Crippen LogP contribution is -2.45. The van der Waals surface area contributed by atoms with Crippen molar-refractivity contribution in [2.24, 2.45) is 4.99 Å². The van der Waals surface area contributed by atoms with Crippen LogP contribution >= 0.6 is 11.3 Å². The van der Waals surface area contributed by atoms with Gasteiger partial charge in [-0.15, -0.1) is 6.42 Å². The number of benzene rings is 1. The zero-order chi connectivity index (χ0) is 22.6. The van der Waals surface area contributed by atoms with Crippen LogP contribution in [0.1, 0.15) is 26.2 Å². The van der Waals surface area contributed by atoms with Crippen molar-refractivity contribution < 1.29 is 22.7 Å². The van der Waals surface area contributed by atoms with Crippen LogP contribution in [-0.2, 0) is 26.0 Å². The van der Waals surface area contributed by atoms with Crippen molar-refractivity contribution in [3.8, 4) is 18.1 Å². The van der Waals surface area contributed by atoms with E-state index < -0.39 is 33.2 Å². The number of carbonyl (C=O) groups is 2. The SMILES string of the molecule is C#CCn1c(=NC(=O)CS(=O)(=O)CC(=O)N2CCCCC2C)sc2cc(OC)ccc21. The Kier molecular flexibility index (Phi) is 7.18. The molecule has 3 rings (SSSR count). The number of nitrogens with zero attached hydrogens (tertiary/aromatic N) is 3. The highest BCUT2D eigenvalue weighted by Crippen LogP contribution is 2.23. The summed E-state index contributed by atoms with van der Waals surface area (Å²) in [6.45, 7) is 2.63. The fourth-order valence-corrected chi connectivity index (χ4v) is 5.79. The monoisotopic (exact) mass is 463 g/mol. The molecule has 2 aromatic rings. The Bertz CT molecular complexity index is 1200. The summed E-state index contributed by atoms with van der Waals surface area (Å²) in [5.41, 5.74) is 0.771. The fraction of sp³-hybridized carbons (Fsp3) is 0.476. The maximum Gasteiger partial charge on any atom is 0.263 e. The van der Waals surface area contributed by atoms with Crippen molar-refractivity contribution in [2.45, 2.75) is 38.8 Å². The van der Waals surface area contributed by atoms with E-state index in [9.17, 15) is 18.0 Å². The Morgan fingerprint density at radius 1 is 1.32 bits per heavy atom. The number of terminal acetylenes is 1. The Morgan fingerprint density at radius 3 is 2.77 bits per heavy atom. The van der Waals surface area contributed by atoms with Gasteiger partial charge >= 0.3 is 0 Å². The molecular weight excluding hydrogens is 438 g/mol. The van der Waals surface area contributed by atoms with Gasteiger partial charge in [-0.05, 0) is 44.4 Å². The second kappa shape index (κ2) is 9.66. The largest absolute Gasteiger partial charge is 0.497 e. The number of fused-ring (bicyclic) bond motifs is 1. The van der Waals surface area contributed by atoms with E-state index in [1.54, 1.807) is 34.8 Å². The molecule has 0 spiro atoms. The minimum Gasteiger partial charge on any atom is -0.497 e. The third-order valence-corrected chi connectivity index (χ3v) is 7.58. The smallest absolute Gasteiger partial charge is 0.263 e. The number of methoxy groups -OCH3 is 1. The Hall–Kier alpha value is -2.64. The van der Waals surface area contributed by atoms with Crippen LogP contribution in [0.4, 0.5) is 0 Å². The maximum absolute atomic E-state index is 12.5. The van der Waals surface area contributed by atoms with Gasteiger partial charge in [-0.25, -0.2) is 8.42 Å². The van der Waals surface area contributed by atoms with Crippen molar-refractivity contribution in [1.82, 2.24) is 9.47 Å².